The normalized spacial score (nSPS) is 17.1. The Morgan fingerprint density at radius 1 is 1.19 bits per heavy atom. The lowest BCUT2D eigenvalue weighted by Gasteiger charge is -2.28. The summed E-state index contributed by atoms with van der Waals surface area (Å²) in [6.45, 7) is 2.06. The summed E-state index contributed by atoms with van der Waals surface area (Å²) in [6.07, 6.45) is 3.30. The molecule has 3 heteroatoms. The van der Waals surface area contributed by atoms with Gasteiger partial charge in [-0.15, -0.1) is 0 Å². The summed E-state index contributed by atoms with van der Waals surface area (Å²) < 4.78 is 5.47. The van der Waals surface area contributed by atoms with Gasteiger partial charge in [0.2, 0.25) is 0 Å². The third-order valence-electron chi connectivity index (χ3n) is 4.13. The maximum Gasteiger partial charge on any atom is 0.142 e. The van der Waals surface area contributed by atoms with Crippen LogP contribution < -0.4 is 10.1 Å². The van der Waals surface area contributed by atoms with E-state index in [4.69, 9.17) is 4.74 Å². The molecule has 1 atom stereocenters. The first-order valence-electron chi connectivity index (χ1n) is 7.40. The lowest BCUT2D eigenvalue weighted by Crippen LogP contribution is -2.17. The van der Waals surface area contributed by atoms with E-state index < -0.39 is 0 Å². The number of phenols is 1. The molecule has 2 aromatic rings. The molecule has 2 aromatic carbocycles. The van der Waals surface area contributed by atoms with Crippen molar-refractivity contribution >= 4 is 5.69 Å². The Morgan fingerprint density at radius 3 is 2.86 bits per heavy atom. The summed E-state index contributed by atoms with van der Waals surface area (Å²) in [4.78, 5) is 0. The monoisotopic (exact) mass is 283 g/mol. The number of aryl methyl sites for hydroxylation is 2. The van der Waals surface area contributed by atoms with Gasteiger partial charge in [0.25, 0.3) is 0 Å². The van der Waals surface area contributed by atoms with E-state index in [0.29, 0.717) is 5.75 Å². The van der Waals surface area contributed by atoms with Crippen LogP contribution in [0, 0.1) is 6.92 Å². The van der Waals surface area contributed by atoms with Crippen LogP contribution in [-0.4, -0.2) is 12.2 Å². The van der Waals surface area contributed by atoms with Gasteiger partial charge in [-0.1, -0.05) is 12.1 Å². The summed E-state index contributed by atoms with van der Waals surface area (Å²) >= 11 is 0. The maximum absolute atomic E-state index is 9.76. The summed E-state index contributed by atoms with van der Waals surface area (Å²) in [7, 11) is 1.70. The van der Waals surface area contributed by atoms with Gasteiger partial charge in [0.05, 0.1) is 18.8 Å². The molecule has 0 heterocycles. The minimum absolute atomic E-state index is 0.220. The van der Waals surface area contributed by atoms with E-state index in [-0.39, 0.29) is 6.04 Å². The first-order valence-corrected chi connectivity index (χ1v) is 7.40. The zero-order chi connectivity index (χ0) is 14.8. The summed E-state index contributed by atoms with van der Waals surface area (Å²) in [5.41, 5.74) is 4.70. The van der Waals surface area contributed by atoms with Crippen LogP contribution >= 0.6 is 0 Å². The quantitative estimate of drug-likeness (QED) is 0.887. The van der Waals surface area contributed by atoms with Gasteiger partial charge in [0.15, 0.2) is 0 Å². The molecule has 1 aliphatic rings. The molecule has 0 radical (unpaired) electrons. The highest BCUT2D eigenvalue weighted by Gasteiger charge is 2.21. The smallest absolute Gasteiger partial charge is 0.142 e. The highest BCUT2D eigenvalue weighted by atomic mass is 16.5. The van der Waals surface area contributed by atoms with Gasteiger partial charge in [0.1, 0.15) is 11.5 Å². The maximum atomic E-state index is 9.76. The van der Waals surface area contributed by atoms with E-state index in [0.717, 1.165) is 30.7 Å². The van der Waals surface area contributed by atoms with E-state index in [9.17, 15) is 5.11 Å². The Bertz CT molecular complexity index is 652. The molecule has 0 fully saturated rings. The van der Waals surface area contributed by atoms with Crippen LogP contribution in [0.5, 0.6) is 11.5 Å². The third kappa shape index (κ3) is 2.82. The number of hydrogen-bond acceptors (Lipinski definition) is 3. The average Bonchev–Trinajstić information content (AvgIpc) is 2.49. The predicted octanol–water partition coefficient (Wildman–Crippen LogP) is 4.20. The number of fused-ring (bicyclic) bond motifs is 1. The van der Waals surface area contributed by atoms with Crippen molar-refractivity contribution in [2.45, 2.75) is 32.2 Å². The van der Waals surface area contributed by atoms with Gasteiger partial charge in [-0.05, 0) is 67.1 Å². The lowest BCUT2D eigenvalue weighted by molar-refractivity contribution is 0.415. The molecule has 3 rings (SSSR count). The molecule has 0 bridgehead atoms. The molecule has 110 valence electrons. The number of phenolic OH excluding ortho intramolecular Hbond substituents is 1. The molecule has 2 N–H and O–H groups in total. The van der Waals surface area contributed by atoms with Crippen molar-refractivity contribution in [3.63, 3.8) is 0 Å². The standard InChI is InChI=1S/C18H21NO2/c1-12-6-9-17(18(10-12)21-2)19-16-5-3-4-13-7-8-14(20)11-15(13)16/h6-11,16,19-20H,3-5H2,1-2H3. The van der Waals surface area contributed by atoms with Crippen LogP contribution in [0.3, 0.4) is 0 Å². The second-order valence-corrected chi connectivity index (χ2v) is 5.68. The number of rotatable bonds is 3. The molecule has 0 saturated heterocycles. The minimum Gasteiger partial charge on any atom is -0.508 e. The van der Waals surface area contributed by atoms with Gasteiger partial charge in [0, 0.05) is 0 Å². The van der Waals surface area contributed by atoms with Crippen LogP contribution in [0.2, 0.25) is 0 Å². The van der Waals surface area contributed by atoms with Gasteiger partial charge < -0.3 is 15.2 Å². The summed E-state index contributed by atoms with van der Waals surface area (Å²) in [5.74, 6) is 1.19. The highest BCUT2D eigenvalue weighted by Crippen LogP contribution is 2.36. The van der Waals surface area contributed by atoms with Crippen molar-refractivity contribution in [2.75, 3.05) is 12.4 Å². The Morgan fingerprint density at radius 2 is 2.05 bits per heavy atom. The van der Waals surface area contributed by atoms with Crippen LogP contribution in [-0.2, 0) is 6.42 Å². The number of hydrogen-bond donors (Lipinski definition) is 2. The van der Waals surface area contributed by atoms with E-state index >= 15 is 0 Å². The molecule has 21 heavy (non-hydrogen) atoms. The van der Waals surface area contributed by atoms with Gasteiger partial charge in [-0.2, -0.15) is 0 Å². The number of anilines is 1. The van der Waals surface area contributed by atoms with Crippen molar-refractivity contribution in [1.82, 2.24) is 0 Å². The minimum atomic E-state index is 0.220. The Hall–Kier alpha value is -2.16. The number of ether oxygens (including phenoxy) is 1. The molecule has 0 aromatic heterocycles. The highest BCUT2D eigenvalue weighted by molar-refractivity contribution is 5.59. The second kappa shape index (κ2) is 5.68. The number of aromatic hydroxyl groups is 1. The topological polar surface area (TPSA) is 41.5 Å². The van der Waals surface area contributed by atoms with Crippen LogP contribution in [0.4, 0.5) is 5.69 Å². The van der Waals surface area contributed by atoms with Crippen molar-refractivity contribution in [3.05, 3.63) is 53.1 Å². The molecule has 0 amide bonds. The molecular formula is C18H21NO2. The fraction of sp³-hybridized carbons (Fsp3) is 0.333. The zero-order valence-electron chi connectivity index (χ0n) is 12.5. The number of benzene rings is 2. The fourth-order valence-corrected chi connectivity index (χ4v) is 3.04. The summed E-state index contributed by atoms with van der Waals surface area (Å²) in [6, 6.07) is 12.1. The summed E-state index contributed by atoms with van der Waals surface area (Å²) in [5, 5.41) is 13.3. The van der Waals surface area contributed by atoms with Crippen LogP contribution in [0.15, 0.2) is 36.4 Å². The van der Waals surface area contributed by atoms with Crippen molar-refractivity contribution in [3.8, 4) is 11.5 Å². The van der Waals surface area contributed by atoms with E-state index in [2.05, 4.69) is 24.4 Å². The molecule has 3 nitrogen and oxygen atoms in total. The molecular weight excluding hydrogens is 262 g/mol. The molecule has 0 aliphatic heterocycles. The third-order valence-corrected chi connectivity index (χ3v) is 4.13. The van der Waals surface area contributed by atoms with Crippen molar-refractivity contribution in [2.24, 2.45) is 0 Å². The second-order valence-electron chi connectivity index (χ2n) is 5.68. The van der Waals surface area contributed by atoms with Gasteiger partial charge in [-0.3, -0.25) is 0 Å². The van der Waals surface area contributed by atoms with Crippen molar-refractivity contribution in [1.29, 1.82) is 0 Å². The largest absolute Gasteiger partial charge is 0.508 e. The Balaban J connectivity index is 1.92. The van der Waals surface area contributed by atoms with E-state index in [1.54, 1.807) is 13.2 Å². The zero-order valence-corrected chi connectivity index (χ0v) is 12.5. The van der Waals surface area contributed by atoms with Crippen molar-refractivity contribution < 1.29 is 9.84 Å². The van der Waals surface area contributed by atoms with Crippen LogP contribution in [0.1, 0.15) is 35.6 Å². The molecule has 0 saturated carbocycles. The predicted molar refractivity (Wildman–Crippen MR) is 85.1 cm³/mol. The average molecular weight is 283 g/mol. The fourth-order valence-electron chi connectivity index (χ4n) is 3.04. The number of methoxy groups -OCH3 is 1. The van der Waals surface area contributed by atoms with Gasteiger partial charge >= 0.3 is 0 Å². The molecule has 0 spiro atoms. The molecule has 1 aliphatic carbocycles. The Labute approximate surface area is 125 Å². The first-order chi connectivity index (χ1) is 10.2. The SMILES string of the molecule is COc1cc(C)ccc1NC1CCCc2ccc(O)cc21. The Kier molecular flexibility index (Phi) is 3.74. The van der Waals surface area contributed by atoms with E-state index in [1.165, 1.54) is 16.7 Å². The number of nitrogens with one attached hydrogen (secondary N) is 1. The molecule has 1 unspecified atom stereocenters. The lowest BCUT2D eigenvalue weighted by atomic mass is 9.87. The van der Waals surface area contributed by atoms with Crippen LogP contribution in [0.25, 0.3) is 0 Å². The van der Waals surface area contributed by atoms with Gasteiger partial charge in [-0.25, -0.2) is 0 Å². The van der Waals surface area contributed by atoms with E-state index in [1.807, 2.05) is 18.2 Å². The first kappa shape index (κ1) is 13.8.